The summed E-state index contributed by atoms with van der Waals surface area (Å²) < 4.78 is 8.94. The Morgan fingerprint density at radius 1 is 1.02 bits per heavy atom. The average Bonchev–Trinajstić information content (AvgIpc) is 3.71. The minimum atomic E-state index is -2.79. The molecule has 2 aromatic heterocycles. The Hall–Kier alpha value is -4.49. The van der Waals surface area contributed by atoms with E-state index in [1.165, 1.54) is 10.4 Å². The van der Waals surface area contributed by atoms with Crippen molar-refractivity contribution in [2.24, 2.45) is 0 Å². The second kappa shape index (κ2) is 13.2. The summed E-state index contributed by atoms with van der Waals surface area (Å²) in [6.45, 7) is 11.1. The van der Waals surface area contributed by atoms with Gasteiger partial charge in [0.25, 0.3) is 14.2 Å². The average molecular weight is 637 g/mol. The molecule has 5 rings (SSSR count). The van der Waals surface area contributed by atoms with Gasteiger partial charge in [-0.05, 0) is 53.5 Å². The molecule has 230 valence electrons. The molecule has 2 atom stereocenters. The van der Waals surface area contributed by atoms with E-state index >= 15 is 0 Å². The third kappa shape index (κ3) is 6.78. The van der Waals surface area contributed by atoms with Gasteiger partial charge in [-0.25, -0.2) is 0 Å². The molecule has 0 saturated carbocycles. The predicted octanol–water partition coefficient (Wildman–Crippen LogP) is 6.25. The fourth-order valence-electron chi connectivity index (χ4n) is 5.69. The Kier molecular flexibility index (Phi) is 9.39. The van der Waals surface area contributed by atoms with Gasteiger partial charge in [-0.2, -0.15) is 15.5 Å². The number of benzene rings is 3. The highest BCUT2D eigenvalue weighted by Gasteiger charge is 2.51. The molecule has 0 bridgehead atoms. The summed E-state index contributed by atoms with van der Waals surface area (Å²) in [5, 5.41) is 26.7. The van der Waals surface area contributed by atoms with Crippen LogP contribution in [0.15, 0.2) is 97.2 Å². The van der Waals surface area contributed by atoms with Crippen LogP contribution in [0, 0.1) is 11.3 Å². The third-order valence-corrected chi connectivity index (χ3v) is 13.3. The number of aromatic amines is 1. The van der Waals surface area contributed by atoms with Crippen molar-refractivity contribution in [3.05, 3.63) is 119 Å². The van der Waals surface area contributed by atoms with Crippen molar-refractivity contribution in [2.75, 3.05) is 0 Å². The van der Waals surface area contributed by atoms with Gasteiger partial charge < -0.3 is 9.74 Å². The number of hydrogen-bond donors (Lipinski definition) is 2. The van der Waals surface area contributed by atoms with Gasteiger partial charge in [-0.15, -0.1) is 0 Å². The zero-order chi connectivity index (χ0) is 32.2. The number of nitrogens with one attached hydrogen (secondary N) is 2. The van der Waals surface area contributed by atoms with Crippen molar-refractivity contribution in [1.29, 1.82) is 5.26 Å². The number of nitrogens with zero attached hydrogens (tertiary/aromatic N) is 4. The van der Waals surface area contributed by atoms with E-state index in [-0.39, 0.29) is 23.1 Å². The monoisotopic (exact) mass is 636 g/mol. The number of hydrogen-bond acceptors (Lipinski definition) is 5. The number of carbonyl (C=O) groups excluding carboxylic acids is 1. The minimum absolute atomic E-state index is 0.182. The molecule has 0 aliphatic rings. The fourth-order valence-corrected chi connectivity index (χ4v) is 10.6. The van der Waals surface area contributed by atoms with Crippen LogP contribution in [0.4, 0.5) is 0 Å². The highest BCUT2D eigenvalue weighted by molar-refractivity contribution is 6.99. The molecule has 2 N–H and O–H groups in total. The largest absolute Gasteiger partial charge is 0.399 e. The summed E-state index contributed by atoms with van der Waals surface area (Å²) in [6.07, 6.45) is 1.50. The molecule has 0 fully saturated rings. The van der Waals surface area contributed by atoms with Gasteiger partial charge in [0.1, 0.15) is 11.8 Å². The van der Waals surface area contributed by atoms with Crippen molar-refractivity contribution >= 4 is 36.2 Å². The van der Waals surface area contributed by atoms with Crippen LogP contribution in [0.3, 0.4) is 0 Å². The Bertz CT molecular complexity index is 1770. The normalized spacial score (nSPS) is 13.2. The zero-order valence-electron chi connectivity index (χ0n) is 26.1. The van der Waals surface area contributed by atoms with Crippen LogP contribution >= 0.6 is 11.6 Å². The second-order valence-electron chi connectivity index (χ2n) is 12.2. The lowest BCUT2D eigenvalue weighted by atomic mass is 10.1. The van der Waals surface area contributed by atoms with Crippen LogP contribution in [0.2, 0.25) is 10.1 Å². The van der Waals surface area contributed by atoms with Crippen LogP contribution in [0.1, 0.15) is 62.5 Å². The first-order valence-electron chi connectivity index (χ1n) is 14.9. The molecule has 0 unspecified atom stereocenters. The van der Waals surface area contributed by atoms with Crippen LogP contribution in [-0.4, -0.2) is 40.2 Å². The van der Waals surface area contributed by atoms with Gasteiger partial charge in [0.15, 0.2) is 0 Å². The molecule has 0 radical (unpaired) electrons. The van der Waals surface area contributed by atoms with Crippen LogP contribution in [0.5, 0.6) is 0 Å². The van der Waals surface area contributed by atoms with E-state index in [0.29, 0.717) is 22.8 Å². The maximum absolute atomic E-state index is 13.2. The third-order valence-electron chi connectivity index (χ3n) is 7.90. The van der Waals surface area contributed by atoms with Gasteiger partial charge in [-0.1, -0.05) is 99.1 Å². The van der Waals surface area contributed by atoms with Crippen LogP contribution < -0.4 is 15.7 Å². The Balaban J connectivity index is 1.29. The van der Waals surface area contributed by atoms with Crippen molar-refractivity contribution in [2.45, 2.75) is 58.3 Å². The molecule has 3 aromatic carbocycles. The first-order valence-corrected chi connectivity index (χ1v) is 17.2. The van der Waals surface area contributed by atoms with Crippen molar-refractivity contribution in [3.63, 3.8) is 0 Å². The number of rotatable bonds is 10. The van der Waals surface area contributed by atoms with Crippen molar-refractivity contribution in [3.8, 4) is 17.3 Å². The smallest absolute Gasteiger partial charge is 0.272 e. The zero-order valence-corrected chi connectivity index (χ0v) is 27.8. The fraction of sp³-hybridized carbons (Fsp3) is 0.257. The molecule has 0 aliphatic carbocycles. The van der Waals surface area contributed by atoms with Crippen molar-refractivity contribution < 1.29 is 9.22 Å². The Labute approximate surface area is 270 Å². The molecule has 0 spiro atoms. The second-order valence-corrected chi connectivity index (χ2v) is 16.9. The highest BCUT2D eigenvalue weighted by atomic mass is 35.5. The maximum Gasteiger partial charge on any atom is 0.272 e. The maximum atomic E-state index is 13.2. The number of H-pyrrole nitrogens is 1. The van der Waals surface area contributed by atoms with Gasteiger partial charge in [0.2, 0.25) is 0 Å². The van der Waals surface area contributed by atoms with Crippen LogP contribution in [0.25, 0.3) is 11.3 Å². The number of nitriles is 1. The minimum Gasteiger partial charge on any atom is -0.399 e. The van der Waals surface area contributed by atoms with Gasteiger partial charge in [0.05, 0.1) is 34.6 Å². The molecule has 8 nitrogen and oxygen atoms in total. The molecule has 0 saturated heterocycles. The predicted molar refractivity (Wildman–Crippen MR) is 180 cm³/mol. The number of aromatic nitrogens is 4. The summed E-state index contributed by atoms with van der Waals surface area (Å²) >= 11 is 6.20. The molecule has 1 amide bonds. The quantitative estimate of drug-likeness (QED) is 0.176. The standard InChI is InChI=1S/C35H37ClN6O2Si/c1-24(23-42-19-18-31(41-42)26-16-17-27(22-37)30(36)20-26)38-34(43)33-21-32(39-40-33)25(2)44-45(35(3,4)5,28-12-8-6-9-13-28)29-14-10-7-11-15-29/h6-21,24-25H,23H2,1-5H3,(H,38,43)(H,39,40)/t24-,25+/m0/s1. The molecule has 2 heterocycles. The van der Waals surface area contributed by atoms with E-state index in [4.69, 9.17) is 21.3 Å². The summed E-state index contributed by atoms with van der Waals surface area (Å²) in [6, 6.07) is 31.6. The number of amides is 1. The van der Waals surface area contributed by atoms with E-state index in [9.17, 15) is 4.79 Å². The topological polar surface area (TPSA) is 109 Å². The molecular weight excluding hydrogens is 600 g/mol. The lowest BCUT2D eigenvalue weighted by Crippen LogP contribution is -2.66. The summed E-state index contributed by atoms with van der Waals surface area (Å²) in [5.41, 5.74) is 2.99. The summed E-state index contributed by atoms with van der Waals surface area (Å²) in [4.78, 5) is 13.2. The van der Waals surface area contributed by atoms with E-state index < -0.39 is 8.32 Å². The first-order chi connectivity index (χ1) is 21.5. The summed E-state index contributed by atoms with van der Waals surface area (Å²) in [7, 11) is -2.79. The molecular formula is C35H37ClN6O2Si. The lowest BCUT2D eigenvalue weighted by molar-refractivity contribution is 0.0931. The Morgan fingerprint density at radius 2 is 1.67 bits per heavy atom. The molecule has 5 aromatic rings. The molecule has 45 heavy (non-hydrogen) atoms. The van der Waals surface area contributed by atoms with Gasteiger partial charge >= 0.3 is 0 Å². The van der Waals surface area contributed by atoms with E-state index in [0.717, 1.165) is 17.0 Å². The van der Waals surface area contributed by atoms with Crippen molar-refractivity contribution in [1.82, 2.24) is 25.3 Å². The number of halogens is 1. The SMILES string of the molecule is C[C@@H](Cn1ccc(-c2ccc(C#N)c(Cl)c2)n1)NC(=O)c1cc([C@@H](C)O[Si](c2ccccc2)(c2ccccc2)C(C)(C)C)[nH]n1. The molecule has 10 heteroatoms. The molecule has 0 aliphatic heterocycles. The summed E-state index contributed by atoms with van der Waals surface area (Å²) in [5.74, 6) is -0.283. The Morgan fingerprint density at radius 3 is 2.24 bits per heavy atom. The van der Waals surface area contributed by atoms with E-state index in [1.807, 2.05) is 44.3 Å². The van der Waals surface area contributed by atoms with Crippen LogP contribution in [-0.2, 0) is 11.0 Å². The van der Waals surface area contributed by atoms with Gasteiger partial charge in [0, 0.05) is 17.8 Å². The van der Waals surface area contributed by atoms with E-state index in [2.05, 4.69) is 96.0 Å². The lowest BCUT2D eigenvalue weighted by Gasteiger charge is -2.44. The van der Waals surface area contributed by atoms with Gasteiger partial charge in [-0.3, -0.25) is 14.6 Å². The van der Waals surface area contributed by atoms with E-state index in [1.54, 1.807) is 22.9 Å². The number of carbonyl (C=O) groups is 1. The first kappa shape index (κ1) is 31.9. The highest BCUT2D eigenvalue weighted by Crippen LogP contribution is 2.39.